The fourth-order valence-electron chi connectivity index (χ4n) is 1.69. The van der Waals surface area contributed by atoms with Gasteiger partial charge in [0.05, 0.1) is 6.07 Å². The topological polar surface area (TPSA) is 44.1 Å². The molecule has 0 aromatic carbocycles. The summed E-state index contributed by atoms with van der Waals surface area (Å²) in [6, 6.07) is 2.16. The van der Waals surface area contributed by atoms with Crippen LogP contribution >= 0.6 is 0 Å². The minimum atomic E-state index is 0.0841. The minimum Gasteiger partial charge on any atom is -0.342 e. The first-order chi connectivity index (χ1) is 6.15. The fourth-order valence-corrected chi connectivity index (χ4v) is 1.69. The van der Waals surface area contributed by atoms with Crippen molar-refractivity contribution in [3.05, 3.63) is 0 Å². The molecule has 1 unspecified atom stereocenters. The highest BCUT2D eigenvalue weighted by molar-refractivity contribution is 5.78. The predicted molar refractivity (Wildman–Crippen MR) is 49.8 cm³/mol. The van der Waals surface area contributed by atoms with Crippen LogP contribution < -0.4 is 0 Å². The van der Waals surface area contributed by atoms with Crippen molar-refractivity contribution in [1.29, 1.82) is 5.26 Å². The molecule has 0 aromatic rings. The Morgan fingerprint density at radius 1 is 1.69 bits per heavy atom. The molecule has 0 aromatic heterocycles. The summed E-state index contributed by atoms with van der Waals surface area (Å²) in [5, 5.41) is 8.51. The van der Waals surface area contributed by atoms with Gasteiger partial charge in [-0.1, -0.05) is 13.8 Å². The van der Waals surface area contributed by atoms with Crippen LogP contribution in [0.3, 0.4) is 0 Å². The number of nitrogens with zero attached hydrogens (tertiary/aromatic N) is 2. The lowest BCUT2D eigenvalue weighted by Gasteiger charge is -2.18. The van der Waals surface area contributed by atoms with Crippen LogP contribution in [0.4, 0.5) is 0 Å². The maximum atomic E-state index is 11.5. The second kappa shape index (κ2) is 4.27. The zero-order valence-corrected chi connectivity index (χ0v) is 8.29. The number of carbonyl (C=O) groups is 1. The zero-order chi connectivity index (χ0) is 9.84. The Morgan fingerprint density at radius 3 is 2.92 bits per heavy atom. The van der Waals surface area contributed by atoms with Gasteiger partial charge in [0.25, 0.3) is 0 Å². The first-order valence-electron chi connectivity index (χ1n) is 4.81. The number of carbonyl (C=O) groups excluding carboxylic acids is 1. The lowest BCUT2D eigenvalue weighted by Crippen LogP contribution is -2.32. The van der Waals surface area contributed by atoms with E-state index in [1.54, 1.807) is 0 Å². The lowest BCUT2D eigenvalue weighted by molar-refractivity contribution is -0.133. The Balaban J connectivity index is 2.41. The lowest BCUT2D eigenvalue weighted by atomic mass is 10.1. The summed E-state index contributed by atoms with van der Waals surface area (Å²) in [7, 11) is 0. The molecular weight excluding hydrogens is 164 g/mol. The van der Waals surface area contributed by atoms with Gasteiger partial charge in [-0.05, 0) is 12.3 Å². The Labute approximate surface area is 79.3 Å². The van der Waals surface area contributed by atoms with Gasteiger partial charge in [0, 0.05) is 25.4 Å². The van der Waals surface area contributed by atoms with Gasteiger partial charge in [0.1, 0.15) is 0 Å². The summed E-state index contributed by atoms with van der Waals surface area (Å²) in [6.45, 7) is 5.45. The molecule has 1 rings (SSSR count). The van der Waals surface area contributed by atoms with Crippen LogP contribution in [0.2, 0.25) is 0 Å². The van der Waals surface area contributed by atoms with Crippen molar-refractivity contribution < 1.29 is 4.79 Å². The molecule has 0 radical (unpaired) electrons. The van der Waals surface area contributed by atoms with Crippen LogP contribution in [0.25, 0.3) is 0 Å². The van der Waals surface area contributed by atoms with Gasteiger partial charge < -0.3 is 4.90 Å². The molecule has 1 aliphatic rings. The number of nitriles is 1. The van der Waals surface area contributed by atoms with Gasteiger partial charge in [-0.3, -0.25) is 4.79 Å². The van der Waals surface area contributed by atoms with Crippen LogP contribution in [0.15, 0.2) is 0 Å². The normalized spacial score (nSPS) is 22.0. The average Bonchev–Trinajstić information content (AvgIpc) is 2.52. The van der Waals surface area contributed by atoms with E-state index in [0.717, 1.165) is 19.5 Å². The molecule has 0 spiro atoms. The molecule has 1 saturated heterocycles. The van der Waals surface area contributed by atoms with Gasteiger partial charge in [-0.25, -0.2) is 0 Å². The van der Waals surface area contributed by atoms with Crippen LogP contribution in [0.1, 0.15) is 26.7 Å². The monoisotopic (exact) mass is 180 g/mol. The molecule has 0 bridgehead atoms. The summed E-state index contributed by atoms with van der Waals surface area (Å²) in [5.74, 6) is 0.717. The maximum Gasteiger partial charge on any atom is 0.225 e. The van der Waals surface area contributed by atoms with E-state index in [1.807, 2.05) is 18.7 Å². The summed E-state index contributed by atoms with van der Waals surface area (Å²) in [4.78, 5) is 13.4. The molecule has 1 amide bonds. The first kappa shape index (κ1) is 10.0. The van der Waals surface area contributed by atoms with Crippen LogP contribution in [-0.2, 0) is 4.79 Å². The number of likely N-dealkylation sites (tertiary alicyclic amines) is 1. The van der Waals surface area contributed by atoms with E-state index in [4.69, 9.17) is 5.26 Å². The van der Waals surface area contributed by atoms with E-state index in [1.165, 1.54) is 0 Å². The van der Waals surface area contributed by atoms with Crippen molar-refractivity contribution in [2.45, 2.75) is 26.7 Å². The van der Waals surface area contributed by atoms with Gasteiger partial charge in [-0.2, -0.15) is 5.26 Å². The summed E-state index contributed by atoms with van der Waals surface area (Å²) in [6.07, 6.45) is 1.58. The van der Waals surface area contributed by atoms with Gasteiger partial charge in [-0.15, -0.1) is 0 Å². The number of amides is 1. The van der Waals surface area contributed by atoms with E-state index in [0.29, 0.717) is 12.3 Å². The maximum absolute atomic E-state index is 11.5. The first-order valence-corrected chi connectivity index (χ1v) is 4.81. The van der Waals surface area contributed by atoms with E-state index in [-0.39, 0.29) is 11.8 Å². The van der Waals surface area contributed by atoms with E-state index >= 15 is 0 Å². The third kappa shape index (κ3) is 2.45. The summed E-state index contributed by atoms with van der Waals surface area (Å²) >= 11 is 0. The Hall–Kier alpha value is -1.04. The fraction of sp³-hybridized carbons (Fsp3) is 0.800. The minimum absolute atomic E-state index is 0.0841. The summed E-state index contributed by atoms with van der Waals surface area (Å²) < 4.78 is 0. The number of hydrogen-bond donors (Lipinski definition) is 0. The highest BCUT2D eigenvalue weighted by Gasteiger charge is 2.26. The Morgan fingerprint density at radius 2 is 2.38 bits per heavy atom. The zero-order valence-electron chi connectivity index (χ0n) is 8.29. The molecular formula is C10H16N2O. The van der Waals surface area contributed by atoms with Crippen molar-refractivity contribution in [1.82, 2.24) is 4.90 Å². The quantitative estimate of drug-likeness (QED) is 0.644. The average molecular weight is 180 g/mol. The van der Waals surface area contributed by atoms with E-state index in [9.17, 15) is 4.79 Å². The number of rotatable bonds is 2. The molecule has 0 N–H and O–H groups in total. The summed E-state index contributed by atoms with van der Waals surface area (Å²) in [5.41, 5.74) is 0. The molecule has 0 aliphatic carbocycles. The molecule has 1 aliphatic heterocycles. The van der Waals surface area contributed by atoms with Crippen LogP contribution in [0, 0.1) is 23.2 Å². The smallest absolute Gasteiger partial charge is 0.225 e. The third-order valence-corrected chi connectivity index (χ3v) is 2.47. The molecule has 13 heavy (non-hydrogen) atoms. The Kier molecular flexibility index (Phi) is 3.30. The standard InChI is InChI=1S/C10H16N2O/c1-8(2)10(13)12-6-4-9(7-12)3-5-11/h8-9H,3-4,6-7H2,1-2H3. The van der Waals surface area contributed by atoms with Crippen molar-refractivity contribution >= 4 is 5.91 Å². The van der Waals surface area contributed by atoms with E-state index in [2.05, 4.69) is 6.07 Å². The molecule has 3 nitrogen and oxygen atoms in total. The van der Waals surface area contributed by atoms with Gasteiger partial charge >= 0.3 is 0 Å². The largest absolute Gasteiger partial charge is 0.342 e. The molecule has 1 atom stereocenters. The van der Waals surface area contributed by atoms with Crippen LogP contribution in [0.5, 0.6) is 0 Å². The van der Waals surface area contributed by atoms with Crippen molar-refractivity contribution in [2.24, 2.45) is 11.8 Å². The van der Waals surface area contributed by atoms with Gasteiger partial charge in [0.2, 0.25) is 5.91 Å². The van der Waals surface area contributed by atoms with Gasteiger partial charge in [0.15, 0.2) is 0 Å². The predicted octanol–water partition coefficient (Wildman–Crippen LogP) is 1.40. The molecule has 3 heteroatoms. The van der Waals surface area contributed by atoms with Crippen molar-refractivity contribution in [3.8, 4) is 6.07 Å². The van der Waals surface area contributed by atoms with Crippen molar-refractivity contribution in [3.63, 3.8) is 0 Å². The second-order valence-electron chi connectivity index (χ2n) is 3.96. The highest BCUT2D eigenvalue weighted by Crippen LogP contribution is 2.20. The van der Waals surface area contributed by atoms with Crippen LogP contribution in [-0.4, -0.2) is 23.9 Å². The number of hydrogen-bond acceptors (Lipinski definition) is 2. The molecule has 1 heterocycles. The van der Waals surface area contributed by atoms with Crippen molar-refractivity contribution in [2.75, 3.05) is 13.1 Å². The highest BCUT2D eigenvalue weighted by atomic mass is 16.2. The second-order valence-corrected chi connectivity index (χ2v) is 3.96. The SMILES string of the molecule is CC(C)C(=O)N1CCC(CC#N)C1. The Bertz CT molecular complexity index is 230. The third-order valence-electron chi connectivity index (χ3n) is 2.47. The molecule has 1 fully saturated rings. The molecule has 0 saturated carbocycles. The molecule has 72 valence electrons. The van der Waals surface area contributed by atoms with E-state index < -0.39 is 0 Å².